The molecular formula is C18H26N4O. The first-order chi connectivity index (χ1) is 10.9. The molecule has 2 N–H and O–H groups in total. The Kier molecular flexibility index (Phi) is 5.55. The van der Waals surface area contributed by atoms with Crippen LogP contribution in [0.1, 0.15) is 36.8 Å². The maximum absolute atomic E-state index is 12.3. The number of carbonyl (C=O) groups is 1. The van der Waals surface area contributed by atoms with E-state index in [0.29, 0.717) is 5.92 Å². The fourth-order valence-corrected chi connectivity index (χ4v) is 2.74. The second-order valence-electron chi connectivity index (χ2n) is 6.23. The van der Waals surface area contributed by atoms with Gasteiger partial charge < -0.3 is 10.6 Å². The Labute approximate surface area is 138 Å². The van der Waals surface area contributed by atoms with Gasteiger partial charge in [0.2, 0.25) is 5.91 Å². The lowest BCUT2D eigenvalue weighted by Gasteiger charge is -2.22. The highest BCUT2D eigenvalue weighted by molar-refractivity contribution is 5.93. The predicted molar refractivity (Wildman–Crippen MR) is 93.3 cm³/mol. The number of aryl methyl sites for hydroxylation is 2. The lowest BCUT2D eigenvalue weighted by atomic mass is 9.96. The van der Waals surface area contributed by atoms with Crippen LogP contribution in [-0.2, 0) is 11.8 Å². The van der Waals surface area contributed by atoms with Gasteiger partial charge in [-0.1, -0.05) is 44.2 Å². The Morgan fingerprint density at radius 2 is 1.87 bits per heavy atom. The van der Waals surface area contributed by atoms with Crippen molar-refractivity contribution in [3.63, 3.8) is 0 Å². The highest BCUT2D eigenvalue weighted by atomic mass is 16.1. The topological polar surface area (TPSA) is 59.0 Å². The average Bonchev–Trinajstić information content (AvgIpc) is 2.74. The molecule has 1 amide bonds. The van der Waals surface area contributed by atoms with Gasteiger partial charge in [0.05, 0.1) is 23.6 Å². The van der Waals surface area contributed by atoms with E-state index in [1.807, 2.05) is 39.1 Å². The molecular weight excluding hydrogens is 288 g/mol. The first-order valence-electron chi connectivity index (χ1n) is 7.98. The van der Waals surface area contributed by atoms with Crippen LogP contribution in [0.15, 0.2) is 30.3 Å². The van der Waals surface area contributed by atoms with Crippen LogP contribution in [0.2, 0.25) is 0 Å². The minimum Gasteiger partial charge on any atom is -0.322 e. The van der Waals surface area contributed by atoms with Crippen LogP contribution in [0.25, 0.3) is 0 Å². The molecule has 1 atom stereocenters. The van der Waals surface area contributed by atoms with Crippen LogP contribution in [-0.4, -0.2) is 22.2 Å². The zero-order valence-corrected chi connectivity index (χ0v) is 14.6. The molecule has 2 rings (SSSR count). The van der Waals surface area contributed by atoms with Crippen molar-refractivity contribution >= 4 is 11.6 Å². The molecule has 1 aromatic carbocycles. The average molecular weight is 314 g/mol. The van der Waals surface area contributed by atoms with Crippen LogP contribution in [0.4, 0.5) is 5.69 Å². The van der Waals surface area contributed by atoms with E-state index in [9.17, 15) is 4.79 Å². The van der Waals surface area contributed by atoms with E-state index in [4.69, 9.17) is 0 Å². The van der Waals surface area contributed by atoms with Crippen molar-refractivity contribution in [3.05, 3.63) is 47.3 Å². The number of hydrogen-bond acceptors (Lipinski definition) is 3. The molecule has 0 bridgehead atoms. The summed E-state index contributed by atoms with van der Waals surface area (Å²) in [5, 5.41) is 10.6. The summed E-state index contributed by atoms with van der Waals surface area (Å²) in [6, 6.07) is 10.4. The maximum Gasteiger partial charge on any atom is 0.238 e. The van der Waals surface area contributed by atoms with Gasteiger partial charge in [0.1, 0.15) is 0 Å². The largest absolute Gasteiger partial charge is 0.322 e. The van der Waals surface area contributed by atoms with Crippen molar-refractivity contribution in [2.24, 2.45) is 13.0 Å². The van der Waals surface area contributed by atoms with Crippen LogP contribution in [0.5, 0.6) is 0 Å². The van der Waals surface area contributed by atoms with E-state index in [2.05, 4.69) is 41.7 Å². The van der Waals surface area contributed by atoms with Crippen LogP contribution in [0, 0.1) is 19.8 Å². The number of hydrogen-bond donors (Lipinski definition) is 2. The molecule has 1 heterocycles. The highest BCUT2D eigenvalue weighted by Gasteiger charge is 2.17. The summed E-state index contributed by atoms with van der Waals surface area (Å²) in [7, 11) is 1.88. The van der Waals surface area contributed by atoms with Crippen molar-refractivity contribution in [2.45, 2.75) is 33.7 Å². The SMILES string of the molecule is Cc1nn(C)c(C)c1NC(=O)CN[C@H](c1ccccc1)C(C)C. The van der Waals surface area contributed by atoms with Gasteiger partial charge in [-0.2, -0.15) is 5.10 Å². The van der Waals surface area contributed by atoms with Crippen LogP contribution in [0.3, 0.4) is 0 Å². The van der Waals surface area contributed by atoms with Crippen molar-refractivity contribution in [1.29, 1.82) is 0 Å². The number of carbonyl (C=O) groups excluding carboxylic acids is 1. The summed E-state index contributed by atoms with van der Waals surface area (Å²) in [4.78, 5) is 12.3. The van der Waals surface area contributed by atoms with Gasteiger partial charge in [-0.05, 0) is 25.3 Å². The third-order valence-electron chi connectivity index (χ3n) is 4.08. The first kappa shape index (κ1) is 17.2. The summed E-state index contributed by atoms with van der Waals surface area (Å²) in [5.74, 6) is 0.345. The molecule has 124 valence electrons. The van der Waals surface area contributed by atoms with Gasteiger partial charge in [-0.25, -0.2) is 0 Å². The van der Waals surface area contributed by atoms with Gasteiger partial charge in [0.15, 0.2) is 0 Å². The fraction of sp³-hybridized carbons (Fsp3) is 0.444. The number of rotatable bonds is 6. The Bertz CT molecular complexity index is 661. The quantitative estimate of drug-likeness (QED) is 0.862. The molecule has 0 aliphatic carbocycles. The van der Waals surface area contributed by atoms with E-state index >= 15 is 0 Å². The third kappa shape index (κ3) is 4.20. The van der Waals surface area contributed by atoms with Gasteiger partial charge in [-0.3, -0.25) is 9.48 Å². The Hall–Kier alpha value is -2.14. The Balaban J connectivity index is 2.00. The zero-order chi connectivity index (χ0) is 17.0. The van der Waals surface area contributed by atoms with E-state index in [1.165, 1.54) is 5.56 Å². The summed E-state index contributed by atoms with van der Waals surface area (Å²) in [5.41, 5.74) is 3.80. The number of anilines is 1. The predicted octanol–water partition coefficient (Wildman–Crippen LogP) is 2.96. The van der Waals surface area contributed by atoms with E-state index in [-0.39, 0.29) is 18.5 Å². The van der Waals surface area contributed by atoms with Crippen molar-refractivity contribution in [1.82, 2.24) is 15.1 Å². The minimum absolute atomic E-state index is 0.0502. The molecule has 0 radical (unpaired) electrons. The third-order valence-corrected chi connectivity index (χ3v) is 4.08. The molecule has 0 fully saturated rings. The first-order valence-corrected chi connectivity index (χ1v) is 7.98. The normalized spacial score (nSPS) is 12.4. The summed E-state index contributed by atoms with van der Waals surface area (Å²) in [6.07, 6.45) is 0. The van der Waals surface area contributed by atoms with E-state index < -0.39 is 0 Å². The maximum atomic E-state index is 12.3. The number of benzene rings is 1. The number of nitrogens with one attached hydrogen (secondary N) is 2. The standard InChI is InChI=1S/C18H26N4O/c1-12(2)17(15-9-7-6-8-10-15)19-11-16(23)20-18-13(3)21-22(5)14(18)4/h6-10,12,17,19H,11H2,1-5H3,(H,20,23)/t17-/m0/s1. The molecule has 0 spiro atoms. The zero-order valence-electron chi connectivity index (χ0n) is 14.6. The van der Waals surface area contributed by atoms with Crippen molar-refractivity contribution < 1.29 is 4.79 Å². The monoisotopic (exact) mass is 314 g/mol. The Morgan fingerprint density at radius 3 is 2.39 bits per heavy atom. The second kappa shape index (κ2) is 7.42. The molecule has 0 saturated carbocycles. The summed E-state index contributed by atoms with van der Waals surface area (Å²) < 4.78 is 1.78. The number of nitrogens with zero attached hydrogens (tertiary/aromatic N) is 2. The summed E-state index contributed by atoms with van der Waals surface area (Å²) in [6.45, 7) is 8.42. The van der Waals surface area contributed by atoms with Crippen molar-refractivity contribution in [2.75, 3.05) is 11.9 Å². The minimum atomic E-state index is -0.0502. The fourth-order valence-electron chi connectivity index (χ4n) is 2.74. The molecule has 1 aromatic heterocycles. The molecule has 2 aromatic rings. The smallest absolute Gasteiger partial charge is 0.238 e. The van der Waals surface area contributed by atoms with Gasteiger partial charge in [0, 0.05) is 13.1 Å². The molecule has 23 heavy (non-hydrogen) atoms. The molecule has 0 aliphatic rings. The van der Waals surface area contributed by atoms with E-state index in [0.717, 1.165) is 17.1 Å². The van der Waals surface area contributed by atoms with Gasteiger partial charge in [0.25, 0.3) is 0 Å². The molecule has 0 saturated heterocycles. The lowest BCUT2D eigenvalue weighted by Crippen LogP contribution is -2.33. The number of aromatic nitrogens is 2. The molecule has 0 unspecified atom stereocenters. The molecule has 5 heteroatoms. The highest BCUT2D eigenvalue weighted by Crippen LogP contribution is 2.21. The molecule has 0 aliphatic heterocycles. The Morgan fingerprint density at radius 1 is 1.22 bits per heavy atom. The second-order valence-corrected chi connectivity index (χ2v) is 6.23. The van der Waals surface area contributed by atoms with Crippen molar-refractivity contribution in [3.8, 4) is 0 Å². The molecule has 5 nitrogen and oxygen atoms in total. The number of amides is 1. The van der Waals surface area contributed by atoms with Crippen LogP contribution < -0.4 is 10.6 Å². The van der Waals surface area contributed by atoms with Gasteiger partial charge in [-0.15, -0.1) is 0 Å². The van der Waals surface area contributed by atoms with Gasteiger partial charge >= 0.3 is 0 Å². The summed E-state index contributed by atoms with van der Waals surface area (Å²) >= 11 is 0. The van der Waals surface area contributed by atoms with Crippen LogP contribution >= 0.6 is 0 Å². The van der Waals surface area contributed by atoms with E-state index in [1.54, 1.807) is 4.68 Å². The lowest BCUT2D eigenvalue weighted by molar-refractivity contribution is -0.115.